The Bertz CT molecular complexity index is 2300. The van der Waals surface area contributed by atoms with Crippen LogP contribution in [0.15, 0.2) is 133 Å². The molecule has 0 saturated heterocycles. The first-order valence-corrected chi connectivity index (χ1v) is 14.8. The van der Waals surface area contributed by atoms with Crippen LogP contribution in [0, 0.1) is 0 Å². The van der Waals surface area contributed by atoms with Crippen LogP contribution in [0.5, 0.6) is 23.0 Å². The number of aromatic nitrogens is 2. The van der Waals surface area contributed by atoms with Crippen LogP contribution in [-0.4, -0.2) is 15.5 Å². The van der Waals surface area contributed by atoms with Gasteiger partial charge in [-0.25, -0.2) is 4.98 Å². The van der Waals surface area contributed by atoms with Crippen LogP contribution < -0.4 is 19.3 Å². The van der Waals surface area contributed by atoms with Crippen LogP contribution in [0.4, 0.5) is 34.1 Å². The van der Waals surface area contributed by atoms with Gasteiger partial charge in [0.2, 0.25) is 0 Å². The van der Waals surface area contributed by atoms with Crippen LogP contribution in [-0.2, 0) is 0 Å². The Morgan fingerprint density at radius 2 is 0.889 bits per heavy atom. The van der Waals surface area contributed by atoms with Gasteiger partial charge < -0.3 is 19.3 Å². The maximum Gasteiger partial charge on any atom is 0.264 e. The van der Waals surface area contributed by atoms with Gasteiger partial charge in [-0.2, -0.15) is 0 Å². The van der Waals surface area contributed by atoms with Crippen molar-refractivity contribution in [2.75, 3.05) is 9.80 Å². The highest BCUT2D eigenvalue weighted by Crippen LogP contribution is 2.58. The maximum absolute atomic E-state index is 14.2. The van der Waals surface area contributed by atoms with E-state index < -0.39 is 0 Å². The third kappa shape index (κ3) is 3.29. The molecule has 0 N–H and O–H groups in total. The molecular formula is C38H22N4O3. The molecule has 7 aromatic rings. The Balaban J connectivity index is 1.32. The van der Waals surface area contributed by atoms with Gasteiger partial charge in [0.15, 0.2) is 23.0 Å². The molecule has 3 aliphatic rings. The maximum atomic E-state index is 14.2. The van der Waals surface area contributed by atoms with E-state index in [2.05, 4.69) is 28.0 Å². The lowest BCUT2D eigenvalue weighted by atomic mass is 10.0. The van der Waals surface area contributed by atoms with Gasteiger partial charge in [-0.1, -0.05) is 60.7 Å². The SMILES string of the molecule is O=C1c2cc(N3c4ccccc4Oc4ccccc43)c(N3c4ccccc4Oc4ccccc43)cc2-c2nc3ccccc3n21. The molecule has 1 aromatic heterocycles. The Morgan fingerprint density at radius 1 is 0.467 bits per heavy atom. The van der Waals surface area contributed by atoms with E-state index in [-0.39, 0.29) is 5.91 Å². The van der Waals surface area contributed by atoms with Crippen molar-refractivity contribution in [2.24, 2.45) is 0 Å². The van der Waals surface area contributed by atoms with Crippen LogP contribution in [0.2, 0.25) is 0 Å². The molecule has 0 fully saturated rings. The van der Waals surface area contributed by atoms with E-state index in [1.54, 1.807) is 4.57 Å². The zero-order valence-corrected chi connectivity index (χ0v) is 23.7. The average Bonchev–Trinajstić information content (AvgIpc) is 3.60. The fourth-order valence-corrected chi connectivity index (χ4v) is 6.76. The second-order valence-electron chi connectivity index (χ2n) is 11.2. The van der Waals surface area contributed by atoms with E-state index >= 15 is 0 Å². The Kier molecular flexibility index (Phi) is 4.74. The molecule has 6 aromatic carbocycles. The normalized spacial score (nSPS) is 13.6. The van der Waals surface area contributed by atoms with E-state index in [4.69, 9.17) is 14.5 Å². The third-order valence-corrected chi connectivity index (χ3v) is 8.70. The molecule has 0 spiro atoms. The number of imidazole rings is 1. The number of rotatable bonds is 2. The number of nitrogens with zero attached hydrogens (tertiary/aromatic N) is 4. The fourth-order valence-electron chi connectivity index (χ4n) is 6.76. The van der Waals surface area contributed by atoms with Crippen molar-refractivity contribution in [2.45, 2.75) is 0 Å². The number of ether oxygens (including phenoxy) is 2. The van der Waals surface area contributed by atoms with E-state index in [9.17, 15) is 4.79 Å². The minimum Gasteiger partial charge on any atom is -0.453 e. The van der Waals surface area contributed by atoms with Crippen molar-refractivity contribution < 1.29 is 14.3 Å². The van der Waals surface area contributed by atoms with E-state index in [1.807, 2.05) is 115 Å². The predicted molar refractivity (Wildman–Crippen MR) is 174 cm³/mol. The quantitative estimate of drug-likeness (QED) is 0.202. The summed E-state index contributed by atoms with van der Waals surface area (Å²) in [5, 5.41) is 0. The largest absolute Gasteiger partial charge is 0.453 e. The highest BCUT2D eigenvalue weighted by Gasteiger charge is 2.37. The molecule has 0 radical (unpaired) electrons. The standard InChI is InChI=1S/C38H22N4O3/c43-38-24-22-32(41-29-15-5-9-19-35(29)45-36-20-10-6-16-30(36)41)31(21-23(24)37-39-25-11-1-2-12-26(25)42(37)38)40-27-13-3-7-17-33(27)44-34-18-8-4-14-28(34)40/h1-22H. The predicted octanol–water partition coefficient (Wildman–Crippen LogP) is 9.86. The first-order valence-electron chi connectivity index (χ1n) is 14.8. The zero-order valence-electron chi connectivity index (χ0n) is 23.7. The number of hydrogen-bond acceptors (Lipinski definition) is 6. The summed E-state index contributed by atoms with van der Waals surface area (Å²) in [4.78, 5) is 23.6. The average molecular weight is 583 g/mol. The number of carbonyl (C=O) groups excluding carboxylic acids is 1. The lowest BCUT2D eigenvalue weighted by molar-refractivity contribution is 0.0973. The summed E-state index contributed by atoms with van der Waals surface area (Å²) in [6, 6.07) is 43.9. The van der Waals surface area contributed by atoms with E-state index in [1.165, 1.54) is 0 Å². The van der Waals surface area contributed by atoms with Crippen LogP contribution in [0.25, 0.3) is 22.4 Å². The number of anilines is 6. The Morgan fingerprint density at radius 3 is 1.40 bits per heavy atom. The molecule has 0 unspecified atom stereocenters. The summed E-state index contributed by atoms with van der Waals surface area (Å²) < 4.78 is 14.5. The van der Waals surface area contributed by atoms with Gasteiger partial charge >= 0.3 is 0 Å². The lowest BCUT2D eigenvalue weighted by Crippen LogP contribution is -2.22. The monoisotopic (exact) mass is 582 g/mol. The molecule has 0 atom stereocenters. The molecule has 212 valence electrons. The summed E-state index contributed by atoms with van der Waals surface area (Å²) in [6.45, 7) is 0. The highest BCUT2D eigenvalue weighted by atomic mass is 16.5. The minimum absolute atomic E-state index is 0.0980. The summed E-state index contributed by atoms with van der Waals surface area (Å²) >= 11 is 0. The first kappa shape index (κ1) is 24.1. The Labute approximate surface area is 257 Å². The van der Waals surface area contributed by atoms with Crippen LogP contribution >= 0.6 is 0 Å². The minimum atomic E-state index is -0.0980. The topological polar surface area (TPSA) is 59.8 Å². The second kappa shape index (κ2) is 8.84. The van der Waals surface area contributed by atoms with Crippen LogP contribution in [0.3, 0.4) is 0 Å². The van der Waals surface area contributed by atoms with Crippen LogP contribution in [0.1, 0.15) is 10.4 Å². The third-order valence-electron chi connectivity index (χ3n) is 8.70. The Hall–Kier alpha value is -6.34. The molecule has 0 bridgehead atoms. The first-order chi connectivity index (χ1) is 22.2. The smallest absolute Gasteiger partial charge is 0.264 e. The molecule has 0 amide bonds. The highest BCUT2D eigenvalue weighted by molar-refractivity contribution is 6.15. The summed E-state index contributed by atoms with van der Waals surface area (Å²) in [5.74, 6) is 3.49. The molecular weight excluding hydrogens is 560 g/mol. The lowest BCUT2D eigenvalue weighted by Gasteiger charge is -2.38. The van der Waals surface area contributed by atoms with E-state index in [0.29, 0.717) is 11.4 Å². The van der Waals surface area contributed by atoms with Gasteiger partial charge in [-0.15, -0.1) is 0 Å². The molecule has 45 heavy (non-hydrogen) atoms. The molecule has 7 nitrogen and oxygen atoms in total. The number of fused-ring (bicyclic) bond motifs is 9. The molecule has 0 saturated carbocycles. The summed E-state index contributed by atoms with van der Waals surface area (Å²) in [7, 11) is 0. The van der Waals surface area contributed by atoms with Gasteiger partial charge in [-0.3, -0.25) is 9.36 Å². The number of carbonyl (C=O) groups is 1. The van der Waals surface area contributed by atoms with Crippen molar-refractivity contribution in [3.63, 3.8) is 0 Å². The second-order valence-corrected chi connectivity index (χ2v) is 11.2. The van der Waals surface area contributed by atoms with Gasteiger partial charge in [0, 0.05) is 5.56 Å². The number of hydrogen-bond donors (Lipinski definition) is 0. The molecule has 0 aliphatic carbocycles. The number of benzene rings is 6. The van der Waals surface area contributed by atoms with Crippen molar-refractivity contribution in [3.05, 3.63) is 139 Å². The zero-order chi connectivity index (χ0) is 29.6. The summed E-state index contributed by atoms with van der Waals surface area (Å²) in [6.07, 6.45) is 0. The fraction of sp³-hybridized carbons (Fsp3) is 0. The number of para-hydroxylation sites is 10. The molecule has 3 aliphatic heterocycles. The van der Waals surface area contributed by atoms with Gasteiger partial charge in [0.05, 0.1) is 50.7 Å². The van der Waals surface area contributed by atoms with Gasteiger partial charge in [-0.05, 0) is 72.8 Å². The van der Waals surface area contributed by atoms with Crippen molar-refractivity contribution in [1.29, 1.82) is 0 Å². The van der Waals surface area contributed by atoms with Crippen molar-refractivity contribution >= 4 is 51.1 Å². The summed E-state index contributed by atoms with van der Waals surface area (Å²) in [5.41, 5.74) is 8.20. The molecule has 10 rings (SSSR count). The van der Waals surface area contributed by atoms with E-state index in [0.717, 1.165) is 73.7 Å². The van der Waals surface area contributed by atoms with Gasteiger partial charge in [0.25, 0.3) is 5.91 Å². The van der Waals surface area contributed by atoms with Crippen molar-refractivity contribution in [1.82, 2.24) is 9.55 Å². The molecule has 4 heterocycles. The molecule has 7 heteroatoms. The van der Waals surface area contributed by atoms with Gasteiger partial charge in [0.1, 0.15) is 5.82 Å². The van der Waals surface area contributed by atoms with Crippen molar-refractivity contribution in [3.8, 4) is 34.4 Å².